The monoisotopic (exact) mass is 803 g/mol. The van der Waals surface area contributed by atoms with Crippen molar-refractivity contribution in [2.45, 2.75) is 71.6 Å². The molecule has 0 aromatic heterocycles. The molecule has 1 nitrogen and oxygen atoms in total. The van der Waals surface area contributed by atoms with Crippen LogP contribution in [0.2, 0.25) is 0 Å². The molecule has 0 heterocycles. The number of nitrogens with two attached hydrogens (primary N) is 1. The van der Waals surface area contributed by atoms with Gasteiger partial charge in [0, 0.05) is 0 Å². The van der Waals surface area contributed by atoms with Gasteiger partial charge in [0.05, 0.1) is 0 Å². The van der Waals surface area contributed by atoms with Crippen molar-refractivity contribution in [3.8, 4) is 11.1 Å². The smallest absolute Gasteiger partial charge is 1.00 e. The van der Waals surface area contributed by atoms with Crippen molar-refractivity contribution in [3.63, 3.8) is 0 Å². The van der Waals surface area contributed by atoms with Crippen molar-refractivity contribution in [2.24, 2.45) is 5.73 Å². The molecule has 0 aliphatic heterocycles. The first-order valence-corrected chi connectivity index (χ1v) is 11.1. The predicted octanol–water partition coefficient (Wildman–Crippen LogP) is -11.6. The van der Waals surface area contributed by atoms with Gasteiger partial charge in [0.15, 0.2) is 0 Å². The van der Waals surface area contributed by atoms with Crippen LogP contribution in [0, 0.1) is 0 Å². The average Bonchev–Trinajstić information content (AvgIpc) is 2.55. The van der Waals surface area contributed by atoms with Crippen LogP contribution in [0.25, 0.3) is 11.1 Å². The summed E-state index contributed by atoms with van der Waals surface area (Å²) in [6.45, 7) is 17.3. The third kappa shape index (κ3) is 18.3. The van der Waals surface area contributed by atoms with Crippen molar-refractivity contribution in [1.29, 1.82) is 0 Å². The van der Waals surface area contributed by atoms with Gasteiger partial charge in [-0.25, -0.2) is 0 Å². The molecule has 10 heteroatoms. The normalized spacial score (nSPS) is 9.09. The topological polar surface area (TPSA) is 26.0 Å². The molecule has 2 aromatic rings. The van der Waals surface area contributed by atoms with Gasteiger partial charge in [-0.3, -0.25) is 0 Å². The van der Waals surface area contributed by atoms with Gasteiger partial charge < -0.3 is 34.0 Å². The summed E-state index contributed by atoms with van der Waals surface area (Å²) in [4.78, 5) is 0. The van der Waals surface area contributed by atoms with E-state index in [-0.39, 0.29) is 83.0 Å². The van der Waals surface area contributed by atoms with E-state index >= 15 is 0 Å². The summed E-state index contributed by atoms with van der Waals surface area (Å²) < 4.78 is 0. The minimum atomic E-state index is -0.282. The SMILES string of the molecule is CC(C)(C)P(c1ccccc1-c1ccccc1)C(C)(C)C.CCCCN.[Au+].[F-].[F-].[F-].[F-].[F-].[F-].[Sb+5]. The molecule has 2 rings (SSSR count). The van der Waals surface area contributed by atoms with E-state index in [2.05, 4.69) is 103 Å². The Labute approximate surface area is 236 Å². The van der Waals surface area contributed by atoms with Crippen LogP contribution in [0.5, 0.6) is 0 Å². The van der Waals surface area contributed by atoms with Gasteiger partial charge in [0.2, 0.25) is 0 Å². The number of hydrogen-bond acceptors (Lipinski definition) is 1. The maximum Gasteiger partial charge on any atom is 5.00 e. The van der Waals surface area contributed by atoms with Gasteiger partial charge >= 0.3 is 46.8 Å². The van der Waals surface area contributed by atoms with Crippen LogP contribution in [0.4, 0.5) is 0 Å². The minimum Gasteiger partial charge on any atom is -1.00 e. The third-order valence-corrected chi connectivity index (χ3v) is 7.68. The van der Waals surface area contributed by atoms with Crippen LogP contribution in [0.15, 0.2) is 54.6 Å². The Kier molecular flexibility index (Phi) is 41.9. The molecule has 0 fully saturated rings. The van der Waals surface area contributed by atoms with Crippen molar-refractivity contribution in [1.82, 2.24) is 0 Å². The second-order valence-corrected chi connectivity index (χ2v) is 12.5. The Bertz CT molecular complexity index is 655. The second-order valence-electron chi connectivity index (χ2n) is 8.70. The molecule has 34 heavy (non-hydrogen) atoms. The number of benzene rings is 2. The van der Waals surface area contributed by atoms with E-state index < -0.39 is 0 Å². The first-order valence-electron chi connectivity index (χ1n) is 9.77. The summed E-state index contributed by atoms with van der Waals surface area (Å²) in [5.41, 5.74) is 7.86. The second kappa shape index (κ2) is 26.0. The average molecular weight is 804 g/mol. The number of unbranched alkanes of at least 4 members (excludes halogenated alkanes) is 1. The molecule has 2 aromatic carbocycles. The Morgan fingerprint density at radius 1 is 0.676 bits per heavy atom. The van der Waals surface area contributed by atoms with Gasteiger partial charge in [-0.1, -0.05) is 117 Å². The van der Waals surface area contributed by atoms with Gasteiger partial charge in [0.1, 0.15) is 0 Å². The summed E-state index contributed by atoms with van der Waals surface area (Å²) in [6, 6.07) is 19.7. The molecule has 0 saturated carbocycles. The maximum absolute atomic E-state index is 5.14. The van der Waals surface area contributed by atoms with E-state index in [1.165, 1.54) is 29.3 Å². The summed E-state index contributed by atoms with van der Waals surface area (Å²) in [7, 11) is -0.282. The molecule has 202 valence electrons. The summed E-state index contributed by atoms with van der Waals surface area (Å²) >= 11 is 0. The first-order chi connectivity index (χ1) is 12.1. The maximum atomic E-state index is 5.14. The number of hydrogen-bond donors (Lipinski definition) is 1. The van der Waals surface area contributed by atoms with Crippen molar-refractivity contribution >= 4 is 37.7 Å². The largest absolute Gasteiger partial charge is 5.00 e. The molecule has 0 aliphatic carbocycles. The molecule has 0 unspecified atom stereocenters. The van der Waals surface area contributed by atoms with Crippen molar-refractivity contribution < 1.29 is 50.6 Å². The molecule has 0 bridgehead atoms. The van der Waals surface area contributed by atoms with E-state index in [1.54, 1.807) is 0 Å². The zero-order chi connectivity index (χ0) is 19.8. The summed E-state index contributed by atoms with van der Waals surface area (Å²) in [5, 5.41) is 2.11. The standard InChI is InChI=1S/C20H27P.C4H11N.Au.6FH.Sb/c1-19(2,3)21(20(4,5)6)18-15-11-10-14-17(18)16-12-8-7-9-13-16;1-2-3-4-5;;;;;;;;/h7-15H,1-6H3;2-5H2,1H3;;6*1H;/q;;+1;;;;;;;+5/p-6. The zero-order valence-corrected chi connectivity index (χ0v) is 26.5. The van der Waals surface area contributed by atoms with Crippen LogP contribution in [0.1, 0.15) is 61.3 Å². The van der Waals surface area contributed by atoms with E-state index in [0.29, 0.717) is 10.3 Å². The Hall–Kier alpha value is -0.0316. The van der Waals surface area contributed by atoms with Crippen LogP contribution < -0.4 is 39.3 Å². The molecule has 0 atom stereocenters. The van der Waals surface area contributed by atoms with Gasteiger partial charge in [-0.2, -0.15) is 0 Å². The molecule has 0 spiro atoms. The minimum absolute atomic E-state index is 0. The Morgan fingerprint density at radius 3 is 1.38 bits per heavy atom. The molecule has 0 saturated heterocycles. The van der Waals surface area contributed by atoms with Gasteiger partial charge in [0.25, 0.3) is 0 Å². The zero-order valence-electron chi connectivity index (χ0n) is 20.9. The first kappa shape index (κ1) is 54.7. The van der Waals surface area contributed by atoms with Crippen LogP contribution >= 0.6 is 7.92 Å². The predicted molar refractivity (Wildman–Crippen MR) is 128 cm³/mol. The molecule has 0 aliphatic rings. The quantitative estimate of drug-likeness (QED) is 0.186. The van der Waals surface area contributed by atoms with Gasteiger partial charge in [-0.15, -0.1) is 0 Å². The van der Waals surface area contributed by atoms with E-state index in [4.69, 9.17) is 5.73 Å². The molecular formula is C24H38AuF6NPSb. The molecular weight excluding hydrogens is 766 g/mol. The fourth-order valence-corrected chi connectivity index (χ4v) is 7.60. The molecule has 0 amide bonds. The third-order valence-electron chi connectivity index (χ3n) is 4.13. The van der Waals surface area contributed by atoms with Gasteiger partial charge in [-0.05, 0) is 39.7 Å². The Balaban J connectivity index is -0.0000000793. The van der Waals surface area contributed by atoms with E-state index in [1.807, 2.05) is 0 Å². The molecule has 2 N–H and O–H groups in total. The number of rotatable bonds is 4. The van der Waals surface area contributed by atoms with Crippen LogP contribution in [-0.2, 0) is 22.4 Å². The summed E-state index contributed by atoms with van der Waals surface area (Å²) in [6.07, 6.45) is 2.39. The fourth-order valence-electron chi connectivity index (χ4n) is 3.46. The summed E-state index contributed by atoms with van der Waals surface area (Å²) in [5.74, 6) is 0. The molecule has 0 radical (unpaired) electrons. The van der Waals surface area contributed by atoms with E-state index in [9.17, 15) is 0 Å². The van der Waals surface area contributed by atoms with Crippen molar-refractivity contribution in [3.05, 3.63) is 54.6 Å². The Morgan fingerprint density at radius 2 is 1.06 bits per heavy atom. The van der Waals surface area contributed by atoms with Crippen molar-refractivity contribution in [2.75, 3.05) is 6.54 Å². The van der Waals surface area contributed by atoms with E-state index in [0.717, 1.165) is 6.54 Å². The van der Waals surface area contributed by atoms with Crippen LogP contribution in [-0.4, -0.2) is 41.3 Å². The fraction of sp³-hybridized carbons (Fsp3) is 0.500. The van der Waals surface area contributed by atoms with Crippen LogP contribution in [0.3, 0.4) is 0 Å². The number of halogens is 6.